The molecule has 0 saturated carbocycles. The van der Waals surface area contributed by atoms with Gasteiger partial charge in [0.15, 0.2) is 0 Å². The molecule has 5 heteroatoms. The molecule has 0 amide bonds. The smallest absolute Gasteiger partial charge is 0.119 e. The molecule has 0 heterocycles. The lowest BCUT2D eigenvalue weighted by Gasteiger charge is -2.03. The molecule has 0 fully saturated rings. The highest BCUT2D eigenvalue weighted by Gasteiger charge is 1.94. The summed E-state index contributed by atoms with van der Waals surface area (Å²) in [7, 11) is 1.29. The first-order chi connectivity index (χ1) is 6.36. The number of thiol groups is 1. The van der Waals surface area contributed by atoms with Crippen LogP contribution in [-0.2, 0) is 0 Å². The second-order valence-electron chi connectivity index (χ2n) is 2.18. The molecule has 0 spiro atoms. The average Bonchev–Trinajstić information content (AvgIpc) is 2.17. The van der Waals surface area contributed by atoms with E-state index < -0.39 is 0 Å². The van der Waals surface area contributed by atoms with Gasteiger partial charge in [-0.3, -0.25) is 0 Å². The molecule has 0 saturated heterocycles. The van der Waals surface area contributed by atoms with Crippen molar-refractivity contribution >= 4 is 34.6 Å². The van der Waals surface area contributed by atoms with Crippen molar-refractivity contribution < 1.29 is 4.74 Å². The zero-order valence-corrected chi connectivity index (χ0v) is 9.72. The molecule has 13 heavy (non-hydrogen) atoms. The van der Waals surface area contributed by atoms with Gasteiger partial charge in [-0.1, -0.05) is 11.7 Å². The van der Waals surface area contributed by atoms with Gasteiger partial charge in [0.05, 0.1) is 6.61 Å². The topological polar surface area (TPSA) is 21.3 Å². The van der Waals surface area contributed by atoms with Gasteiger partial charge in [-0.05, 0) is 54.1 Å². The van der Waals surface area contributed by atoms with Gasteiger partial charge in [-0.15, -0.1) is 0 Å². The predicted octanol–water partition coefficient (Wildman–Crippen LogP) is 3.18. The average molecular weight is 233 g/mol. The first-order valence-electron chi connectivity index (χ1n) is 3.82. The summed E-state index contributed by atoms with van der Waals surface area (Å²) in [6.07, 6.45) is 0. The van der Waals surface area contributed by atoms with E-state index in [1.54, 1.807) is 0 Å². The van der Waals surface area contributed by atoms with Gasteiger partial charge < -0.3 is 4.74 Å². The van der Waals surface area contributed by atoms with Crippen LogP contribution in [0.3, 0.4) is 0 Å². The van der Waals surface area contributed by atoms with Gasteiger partial charge in [0.2, 0.25) is 0 Å². The van der Waals surface area contributed by atoms with Crippen molar-refractivity contribution in [2.24, 2.45) is 0 Å². The quantitative estimate of drug-likeness (QED) is 0.463. The lowest BCUT2D eigenvalue weighted by atomic mass is 10.3. The van der Waals surface area contributed by atoms with Crippen LogP contribution >= 0.6 is 34.6 Å². The lowest BCUT2D eigenvalue weighted by Crippen LogP contribution is -1.91. The molecule has 0 unspecified atom stereocenters. The van der Waals surface area contributed by atoms with Crippen molar-refractivity contribution in [1.82, 2.24) is 4.13 Å². The van der Waals surface area contributed by atoms with Crippen molar-refractivity contribution in [2.75, 3.05) is 6.61 Å². The van der Waals surface area contributed by atoms with E-state index in [-0.39, 0.29) is 0 Å². The van der Waals surface area contributed by atoms with E-state index in [1.165, 1.54) is 22.9 Å². The third-order valence-corrected chi connectivity index (χ3v) is 3.14. The Kier molecular flexibility index (Phi) is 5.54. The molecule has 0 aliphatic carbocycles. The standard InChI is InChI=1S/C8H11NOS3/c1-2-10-7-3-5-8(6-4-7)12-9-13-11/h3-6,9,11H,2H2,1H3. The van der Waals surface area contributed by atoms with E-state index in [0.717, 1.165) is 10.6 Å². The Labute approximate surface area is 91.9 Å². The number of ether oxygens (including phenoxy) is 1. The van der Waals surface area contributed by atoms with Crippen LogP contribution in [0.4, 0.5) is 0 Å². The molecule has 2 nitrogen and oxygen atoms in total. The zero-order chi connectivity index (χ0) is 9.52. The Morgan fingerprint density at radius 2 is 2.08 bits per heavy atom. The van der Waals surface area contributed by atoms with Crippen LogP contribution in [0, 0.1) is 0 Å². The SMILES string of the molecule is CCOc1ccc(SNSS)cc1. The number of hydrogen-bond donors (Lipinski definition) is 2. The van der Waals surface area contributed by atoms with Crippen molar-refractivity contribution in [3.05, 3.63) is 24.3 Å². The maximum atomic E-state index is 5.32. The first kappa shape index (κ1) is 11.1. The molecule has 0 radical (unpaired) electrons. The van der Waals surface area contributed by atoms with Crippen molar-refractivity contribution in [2.45, 2.75) is 11.8 Å². The lowest BCUT2D eigenvalue weighted by molar-refractivity contribution is 0.340. The first-order valence-corrected chi connectivity index (χ1v) is 6.50. The van der Waals surface area contributed by atoms with Crippen LogP contribution in [0.5, 0.6) is 5.75 Å². The van der Waals surface area contributed by atoms with E-state index in [4.69, 9.17) is 4.74 Å². The van der Waals surface area contributed by atoms with Crippen molar-refractivity contribution in [3.63, 3.8) is 0 Å². The Hall–Kier alpha value is 0.0300. The minimum absolute atomic E-state index is 0.706. The van der Waals surface area contributed by atoms with Crippen LogP contribution in [-0.4, -0.2) is 6.61 Å². The Morgan fingerprint density at radius 1 is 1.38 bits per heavy atom. The summed E-state index contributed by atoms with van der Waals surface area (Å²) < 4.78 is 8.29. The largest absolute Gasteiger partial charge is 0.494 e. The number of benzene rings is 1. The van der Waals surface area contributed by atoms with Gasteiger partial charge in [0, 0.05) is 4.90 Å². The maximum absolute atomic E-state index is 5.32. The second kappa shape index (κ2) is 6.48. The van der Waals surface area contributed by atoms with Gasteiger partial charge in [-0.2, -0.15) is 4.13 Å². The van der Waals surface area contributed by atoms with Crippen molar-refractivity contribution in [3.8, 4) is 5.75 Å². The highest BCUT2D eigenvalue weighted by molar-refractivity contribution is 8.69. The fourth-order valence-corrected chi connectivity index (χ4v) is 1.98. The van der Waals surface area contributed by atoms with Crippen LogP contribution in [0.15, 0.2) is 29.2 Å². The molecular weight excluding hydrogens is 222 g/mol. The molecule has 72 valence electrons. The third-order valence-electron chi connectivity index (χ3n) is 1.33. The Morgan fingerprint density at radius 3 is 2.62 bits per heavy atom. The Balaban J connectivity index is 2.48. The monoisotopic (exact) mass is 233 g/mol. The minimum atomic E-state index is 0.706. The molecule has 0 aliphatic heterocycles. The highest BCUT2D eigenvalue weighted by Crippen LogP contribution is 2.21. The highest BCUT2D eigenvalue weighted by atomic mass is 33.1. The van der Waals surface area contributed by atoms with E-state index in [1.807, 2.05) is 31.2 Å². The fourth-order valence-electron chi connectivity index (χ4n) is 0.837. The molecule has 0 aromatic heterocycles. The molecule has 0 bridgehead atoms. The summed E-state index contributed by atoms with van der Waals surface area (Å²) in [6.45, 7) is 2.68. The summed E-state index contributed by atoms with van der Waals surface area (Å²) in [5.74, 6) is 0.908. The van der Waals surface area contributed by atoms with Crippen molar-refractivity contribution in [1.29, 1.82) is 0 Å². The molecule has 1 aromatic carbocycles. The maximum Gasteiger partial charge on any atom is 0.119 e. The van der Waals surface area contributed by atoms with Gasteiger partial charge in [-0.25, -0.2) is 0 Å². The molecular formula is C8H11NOS3. The summed E-state index contributed by atoms with van der Waals surface area (Å²) in [6, 6.07) is 7.92. The number of nitrogens with one attached hydrogen (secondary N) is 1. The third kappa shape index (κ3) is 4.17. The molecule has 1 aromatic rings. The second-order valence-corrected chi connectivity index (χ2v) is 4.25. The van der Waals surface area contributed by atoms with E-state index in [9.17, 15) is 0 Å². The summed E-state index contributed by atoms with van der Waals surface area (Å²) in [5, 5.41) is 0. The van der Waals surface area contributed by atoms with Crippen LogP contribution in [0.2, 0.25) is 0 Å². The molecule has 1 N–H and O–H groups in total. The number of hydrogen-bond acceptors (Lipinski definition) is 5. The van der Waals surface area contributed by atoms with Crippen LogP contribution < -0.4 is 8.86 Å². The van der Waals surface area contributed by atoms with E-state index in [2.05, 4.69) is 15.8 Å². The van der Waals surface area contributed by atoms with Crippen LogP contribution in [0.1, 0.15) is 6.92 Å². The normalized spacial score (nSPS) is 10.0. The predicted molar refractivity (Wildman–Crippen MR) is 63.2 cm³/mol. The fraction of sp³-hybridized carbons (Fsp3) is 0.250. The Bertz CT molecular complexity index is 240. The molecule has 1 rings (SSSR count). The summed E-state index contributed by atoms with van der Waals surface area (Å²) in [4.78, 5) is 1.14. The van der Waals surface area contributed by atoms with E-state index in [0.29, 0.717) is 6.61 Å². The van der Waals surface area contributed by atoms with Gasteiger partial charge in [0.25, 0.3) is 0 Å². The van der Waals surface area contributed by atoms with Gasteiger partial charge >= 0.3 is 0 Å². The molecule has 0 atom stereocenters. The van der Waals surface area contributed by atoms with Crippen LogP contribution in [0.25, 0.3) is 0 Å². The van der Waals surface area contributed by atoms with E-state index >= 15 is 0 Å². The molecule has 0 aliphatic rings. The zero-order valence-electron chi connectivity index (χ0n) is 7.19. The summed E-state index contributed by atoms with van der Waals surface area (Å²) in [5.41, 5.74) is 0. The number of rotatable bonds is 5. The summed E-state index contributed by atoms with van der Waals surface area (Å²) >= 11 is 5.49. The minimum Gasteiger partial charge on any atom is -0.494 e. The van der Waals surface area contributed by atoms with Gasteiger partial charge in [0.1, 0.15) is 5.75 Å².